The molecule has 0 aromatic rings. The maximum atomic E-state index is 9.10. The maximum Gasteiger partial charge on any atom is 1.00 e. The van der Waals surface area contributed by atoms with Crippen LogP contribution in [-0.2, 0) is 9.59 Å². The Hall–Kier alpha value is 1.48. The van der Waals surface area contributed by atoms with Crippen LogP contribution in [0.1, 0.15) is 0 Å². The molecule has 12 heavy (non-hydrogen) atoms. The summed E-state index contributed by atoms with van der Waals surface area (Å²) in [6.45, 7) is 0. The fourth-order valence-electron chi connectivity index (χ4n) is 0. The first-order valence-electron chi connectivity index (χ1n) is 1.72. The smallest absolute Gasteiger partial charge is 0.652 e. The number of carboxylic acids is 2. The van der Waals surface area contributed by atoms with Gasteiger partial charge in [0.25, 0.3) is 0 Å². The van der Waals surface area contributed by atoms with Gasteiger partial charge in [0.2, 0.25) is 0 Å². The third-order valence-corrected chi connectivity index (χ3v) is 0.183. The topological polar surface area (TPSA) is 138 Å². The minimum Gasteiger partial charge on any atom is -0.652 e. The number of carbonyl (C=O) groups is 3. The van der Waals surface area contributed by atoms with E-state index in [4.69, 9.17) is 34.8 Å². The SMILES string of the molecule is O=C(O)C(=O)O.O=C([O-])[O-].[K+].[K+]. The van der Waals surface area contributed by atoms with Crippen LogP contribution in [0.2, 0.25) is 0 Å². The maximum absolute atomic E-state index is 9.10. The van der Waals surface area contributed by atoms with E-state index < -0.39 is 18.1 Å². The Kier molecular flexibility index (Phi) is 29.2. The zero-order valence-corrected chi connectivity index (χ0v) is 12.7. The van der Waals surface area contributed by atoms with E-state index in [-0.39, 0.29) is 103 Å². The Morgan fingerprint density at radius 2 is 0.917 bits per heavy atom. The molecule has 0 unspecified atom stereocenters. The quantitative estimate of drug-likeness (QED) is 0.310. The predicted molar refractivity (Wildman–Crippen MR) is 20.7 cm³/mol. The summed E-state index contributed by atoms with van der Waals surface area (Å²) < 4.78 is 0. The average Bonchev–Trinajstić information content (AvgIpc) is 1.63. The van der Waals surface area contributed by atoms with Crippen molar-refractivity contribution in [3.8, 4) is 0 Å². The van der Waals surface area contributed by atoms with E-state index in [9.17, 15) is 0 Å². The van der Waals surface area contributed by atoms with Gasteiger partial charge in [-0.3, -0.25) is 0 Å². The van der Waals surface area contributed by atoms with Crippen molar-refractivity contribution >= 4 is 18.1 Å². The van der Waals surface area contributed by atoms with Crippen LogP contribution in [0.25, 0.3) is 0 Å². The molecule has 0 aromatic heterocycles. The summed E-state index contributed by atoms with van der Waals surface area (Å²) in [6, 6.07) is 0. The number of carboxylic acid groups (broad SMARTS) is 4. The van der Waals surface area contributed by atoms with Crippen LogP contribution in [0, 0.1) is 0 Å². The van der Waals surface area contributed by atoms with Gasteiger partial charge in [-0.25, -0.2) is 9.59 Å². The van der Waals surface area contributed by atoms with Crippen molar-refractivity contribution in [2.24, 2.45) is 0 Å². The summed E-state index contributed by atoms with van der Waals surface area (Å²) in [5.74, 6) is -3.65. The summed E-state index contributed by atoms with van der Waals surface area (Å²) in [6.07, 6.45) is -2.33. The molecule has 0 saturated heterocycles. The molecule has 0 heterocycles. The van der Waals surface area contributed by atoms with E-state index in [0.29, 0.717) is 0 Å². The van der Waals surface area contributed by atoms with E-state index >= 15 is 0 Å². The molecule has 0 amide bonds. The number of hydrogen-bond donors (Lipinski definition) is 2. The molecule has 0 aliphatic rings. The molecule has 0 rings (SSSR count). The first-order chi connectivity index (χ1) is 4.37. The van der Waals surface area contributed by atoms with Crippen molar-refractivity contribution in [3.05, 3.63) is 0 Å². The van der Waals surface area contributed by atoms with Crippen LogP contribution in [0.4, 0.5) is 4.79 Å². The van der Waals surface area contributed by atoms with Gasteiger partial charge in [-0.1, -0.05) is 0 Å². The molecule has 0 aliphatic heterocycles. The van der Waals surface area contributed by atoms with Gasteiger partial charge in [-0.05, 0) is 6.16 Å². The average molecular weight is 228 g/mol. The molecule has 9 heteroatoms. The minimum atomic E-state index is -2.33. The van der Waals surface area contributed by atoms with Crippen molar-refractivity contribution in [3.63, 3.8) is 0 Å². The molecule has 0 fully saturated rings. The number of aliphatic carboxylic acids is 2. The Labute approximate surface area is 152 Å². The molecule has 0 aliphatic carbocycles. The van der Waals surface area contributed by atoms with Gasteiger partial charge >= 0.3 is 115 Å². The van der Waals surface area contributed by atoms with Crippen molar-refractivity contribution in [2.75, 3.05) is 0 Å². The number of carbonyl (C=O) groups excluding carboxylic acids is 1. The second-order valence-corrected chi connectivity index (χ2v) is 0.860. The molecule has 0 spiro atoms. The van der Waals surface area contributed by atoms with Gasteiger partial charge < -0.3 is 25.2 Å². The summed E-state index contributed by atoms with van der Waals surface area (Å²) >= 11 is 0. The van der Waals surface area contributed by atoms with Crippen LogP contribution in [-0.4, -0.2) is 28.3 Å². The number of rotatable bonds is 0. The Balaban J connectivity index is -0.0000000483. The zero-order chi connectivity index (χ0) is 8.73. The summed E-state index contributed by atoms with van der Waals surface area (Å²) in [4.78, 5) is 26.5. The standard InChI is InChI=1S/C2H2O4.CH2O3.2K/c3-1(4)2(5)6;2-1(3)4;;/h(H,3,4)(H,5,6);(H2,2,3,4);;/q;;2*+1/p-2. The fraction of sp³-hybridized carbons (Fsp3) is 0. The first kappa shape index (κ1) is 23.4. The second kappa shape index (κ2) is 15.0. The van der Waals surface area contributed by atoms with Gasteiger partial charge in [0.15, 0.2) is 0 Å². The van der Waals surface area contributed by atoms with Gasteiger partial charge in [-0.15, -0.1) is 0 Å². The Morgan fingerprint density at radius 1 is 0.833 bits per heavy atom. The van der Waals surface area contributed by atoms with Crippen LogP contribution < -0.4 is 113 Å². The summed E-state index contributed by atoms with van der Waals surface area (Å²) in [7, 11) is 0. The van der Waals surface area contributed by atoms with Crippen molar-refractivity contribution in [1.29, 1.82) is 0 Å². The van der Waals surface area contributed by atoms with E-state index in [1.165, 1.54) is 0 Å². The first-order valence-corrected chi connectivity index (χ1v) is 1.72. The molecule has 0 atom stereocenters. The van der Waals surface area contributed by atoms with Crippen molar-refractivity contribution in [2.45, 2.75) is 0 Å². The molecule has 0 aromatic carbocycles. The van der Waals surface area contributed by atoms with E-state index in [1.807, 2.05) is 0 Å². The van der Waals surface area contributed by atoms with E-state index in [1.54, 1.807) is 0 Å². The van der Waals surface area contributed by atoms with E-state index in [0.717, 1.165) is 0 Å². The van der Waals surface area contributed by atoms with Crippen LogP contribution in [0.3, 0.4) is 0 Å². The second-order valence-electron chi connectivity index (χ2n) is 0.860. The largest absolute Gasteiger partial charge is 1.00 e. The van der Waals surface area contributed by atoms with Gasteiger partial charge in [0, 0.05) is 0 Å². The zero-order valence-electron chi connectivity index (χ0n) is 6.44. The van der Waals surface area contributed by atoms with Gasteiger partial charge in [-0.2, -0.15) is 0 Å². The van der Waals surface area contributed by atoms with Gasteiger partial charge in [0.1, 0.15) is 0 Å². The third-order valence-electron chi connectivity index (χ3n) is 0.183. The molecular formula is C3H2K2O7. The molecule has 58 valence electrons. The molecule has 0 bridgehead atoms. The number of hydrogen-bond acceptors (Lipinski definition) is 5. The predicted octanol–water partition coefficient (Wildman–Crippen LogP) is -9.28. The Bertz CT molecular complexity index is 139. The van der Waals surface area contributed by atoms with Crippen molar-refractivity contribution in [1.82, 2.24) is 0 Å². The van der Waals surface area contributed by atoms with Crippen LogP contribution >= 0.6 is 0 Å². The molecule has 2 N–H and O–H groups in total. The van der Waals surface area contributed by atoms with Crippen molar-refractivity contribution < 1.29 is 138 Å². The minimum absolute atomic E-state index is 0. The normalized spacial score (nSPS) is 5.67. The fourth-order valence-corrected chi connectivity index (χ4v) is 0. The monoisotopic (exact) mass is 228 g/mol. The third kappa shape index (κ3) is 42.0. The molecule has 0 saturated carbocycles. The van der Waals surface area contributed by atoms with Gasteiger partial charge in [0.05, 0.1) is 0 Å². The van der Waals surface area contributed by atoms with Crippen LogP contribution in [0.15, 0.2) is 0 Å². The van der Waals surface area contributed by atoms with Crippen LogP contribution in [0.5, 0.6) is 0 Å². The Morgan fingerprint density at radius 3 is 0.917 bits per heavy atom. The van der Waals surface area contributed by atoms with E-state index in [2.05, 4.69) is 0 Å². The molecule has 7 nitrogen and oxygen atoms in total. The summed E-state index contributed by atoms with van der Waals surface area (Å²) in [5.41, 5.74) is 0. The molecular weight excluding hydrogens is 226 g/mol. The summed E-state index contributed by atoms with van der Waals surface area (Å²) in [5, 5.41) is 31.4. The molecule has 0 radical (unpaired) electrons.